The number of hydrogen-bond acceptors (Lipinski definition) is 4. The Balaban J connectivity index is 2.10. The Morgan fingerprint density at radius 1 is 1.47 bits per heavy atom. The van der Waals surface area contributed by atoms with Crippen molar-refractivity contribution < 1.29 is 18.3 Å². The molecule has 5 nitrogen and oxygen atoms in total. The highest BCUT2D eigenvalue weighted by atomic mass is 79.9. The van der Waals surface area contributed by atoms with E-state index in [4.69, 9.17) is 15.0 Å². The van der Waals surface area contributed by atoms with Crippen LogP contribution < -0.4 is 16.0 Å². The zero-order chi connectivity index (χ0) is 13.8. The van der Waals surface area contributed by atoms with Crippen LogP contribution in [0.2, 0.25) is 0 Å². The van der Waals surface area contributed by atoms with Crippen LogP contribution in [-0.4, -0.2) is 5.91 Å². The van der Waals surface area contributed by atoms with E-state index in [9.17, 15) is 9.18 Å². The van der Waals surface area contributed by atoms with Crippen LogP contribution in [0.25, 0.3) is 0 Å². The Hall–Kier alpha value is -1.86. The normalized spacial score (nSPS) is 10.3. The van der Waals surface area contributed by atoms with E-state index >= 15 is 0 Å². The van der Waals surface area contributed by atoms with E-state index in [-0.39, 0.29) is 12.4 Å². The minimum absolute atomic E-state index is 0.0278. The number of amides is 1. The van der Waals surface area contributed by atoms with Gasteiger partial charge in [-0.2, -0.15) is 0 Å². The predicted molar refractivity (Wildman–Crippen MR) is 68.8 cm³/mol. The first-order valence-electron chi connectivity index (χ1n) is 5.27. The fourth-order valence-corrected chi connectivity index (χ4v) is 1.93. The minimum Gasteiger partial charge on any atom is -0.484 e. The zero-order valence-electron chi connectivity index (χ0n) is 9.65. The highest BCUT2D eigenvalue weighted by Gasteiger charge is 2.14. The Kier molecular flexibility index (Phi) is 4.18. The summed E-state index contributed by atoms with van der Waals surface area (Å²) in [5.74, 6) is 4.98. The maximum Gasteiger partial charge on any atom is 0.268 e. The molecule has 0 radical (unpaired) electrons. The molecule has 100 valence electrons. The molecule has 1 amide bonds. The summed E-state index contributed by atoms with van der Waals surface area (Å²) in [6, 6.07) is 5.52. The first-order chi connectivity index (χ1) is 9.11. The van der Waals surface area contributed by atoms with Crippen molar-refractivity contribution in [2.45, 2.75) is 6.61 Å². The number of hydrogen-bond donors (Lipinski definition) is 2. The molecule has 0 aliphatic rings. The number of ether oxygens (including phenoxy) is 1. The SMILES string of the molecule is NNC(=O)c1ccoc1COc1ccc(F)cc1Br. The summed E-state index contributed by atoms with van der Waals surface area (Å²) in [6.45, 7) is 0.0278. The molecule has 1 heterocycles. The molecular weight excluding hydrogens is 319 g/mol. The largest absolute Gasteiger partial charge is 0.484 e. The van der Waals surface area contributed by atoms with Crippen molar-refractivity contribution >= 4 is 21.8 Å². The third-order valence-corrected chi connectivity index (χ3v) is 2.99. The van der Waals surface area contributed by atoms with Gasteiger partial charge in [-0.1, -0.05) is 0 Å². The summed E-state index contributed by atoms with van der Waals surface area (Å²) in [5, 5.41) is 0. The second-order valence-corrected chi connectivity index (χ2v) is 4.45. The number of rotatable bonds is 4. The molecular formula is C12H10BrFN2O3. The number of benzene rings is 1. The summed E-state index contributed by atoms with van der Waals surface area (Å²) in [6.07, 6.45) is 1.36. The van der Waals surface area contributed by atoms with Crippen molar-refractivity contribution in [3.63, 3.8) is 0 Å². The van der Waals surface area contributed by atoms with Gasteiger partial charge in [0.25, 0.3) is 5.91 Å². The average molecular weight is 329 g/mol. The Morgan fingerprint density at radius 2 is 2.26 bits per heavy atom. The number of carbonyl (C=O) groups is 1. The van der Waals surface area contributed by atoms with Gasteiger partial charge in [-0.3, -0.25) is 10.2 Å². The van der Waals surface area contributed by atoms with Gasteiger partial charge in [0.15, 0.2) is 5.76 Å². The van der Waals surface area contributed by atoms with Gasteiger partial charge in [0, 0.05) is 0 Å². The first kappa shape index (κ1) is 13.6. The molecule has 2 rings (SSSR count). The van der Waals surface area contributed by atoms with Crippen molar-refractivity contribution in [1.29, 1.82) is 0 Å². The number of nitrogens with one attached hydrogen (secondary N) is 1. The van der Waals surface area contributed by atoms with Crippen LogP contribution in [0.1, 0.15) is 16.1 Å². The van der Waals surface area contributed by atoms with E-state index in [1.165, 1.54) is 30.5 Å². The van der Waals surface area contributed by atoms with Crippen molar-refractivity contribution in [2.75, 3.05) is 0 Å². The maximum absolute atomic E-state index is 12.9. The van der Waals surface area contributed by atoms with Gasteiger partial charge in [-0.05, 0) is 40.2 Å². The molecule has 1 aromatic carbocycles. The van der Waals surface area contributed by atoms with Crippen molar-refractivity contribution in [3.05, 3.63) is 52.1 Å². The van der Waals surface area contributed by atoms with Gasteiger partial charge in [-0.15, -0.1) is 0 Å². The summed E-state index contributed by atoms with van der Waals surface area (Å²) in [7, 11) is 0. The Bertz CT molecular complexity index is 600. The molecule has 2 aromatic rings. The molecule has 7 heteroatoms. The monoisotopic (exact) mass is 328 g/mol. The second kappa shape index (κ2) is 5.85. The average Bonchev–Trinajstić information content (AvgIpc) is 2.85. The molecule has 0 aliphatic carbocycles. The van der Waals surface area contributed by atoms with Crippen LogP contribution in [0.15, 0.2) is 39.4 Å². The fraction of sp³-hybridized carbons (Fsp3) is 0.0833. The van der Waals surface area contributed by atoms with Gasteiger partial charge in [0.2, 0.25) is 0 Å². The van der Waals surface area contributed by atoms with E-state index in [2.05, 4.69) is 15.9 Å². The molecule has 0 saturated carbocycles. The smallest absolute Gasteiger partial charge is 0.268 e. The van der Waals surface area contributed by atoms with Crippen LogP contribution >= 0.6 is 15.9 Å². The first-order valence-corrected chi connectivity index (χ1v) is 6.06. The zero-order valence-corrected chi connectivity index (χ0v) is 11.2. The lowest BCUT2D eigenvalue weighted by atomic mass is 10.2. The molecule has 0 saturated heterocycles. The number of furan rings is 1. The minimum atomic E-state index is -0.467. The second-order valence-electron chi connectivity index (χ2n) is 3.59. The van der Waals surface area contributed by atoms with Crippen molar-refractivity contribution in [1.82, 2.24) is 5.43 Å². The standard InChI is InChI=1S/C12H10BrFN2O3/c13-9-5-7(14)1-2-10(9)19-6-11-8(3-4-18-11)12(17)16-15/h1-5H,6,15H2,(H,16,17). The van der Waals surface area contributed by atoms with Gasteiger partial charge in [0.1, 0.15) is 18.2 Å². The van der Waals surface area contributed by atoms with Crippen molar-refractivity contribution in [2.24, 2.45) is 5.84 Å². The molecule has 0 aliphatic heterocycles. The molecule has 0 fully saturated rings. The quantitative estimate of drug-likeness (QED) is 0.513. The fourth-order valence-electron chi connectivity index (χ4n) is 1.47. The van der Waals surface area contributed by atoms with E-state index in [1.54, 1.807) is 0 Å². The Morgan fingerprint density at radius 3 is 2.95 bits per heavy atom. The topological polar surface area (TPSA) is 77.5 Å². The molecule has 3 N–H and O–H groups in total. The van der Waals surface area contributed by atoms with Crippen LogP contribution in [0.5, 0.6) is 5.75 Å². The number of carbonyl (C=O) groups excluding carboxylic acids is 1. The van der Waals surface area contributed by atoms with Crippen molar-refractivity contribution in [3.8, 4) is 5.75 Å². The van der Waals surface area contributed by atoms with Crippen LogP contribution in [0.3, 0.4) is 0 Å². The molecule has 0 unspecified atom stereocenters. The van der Waals surface area contributed by atoms with E-state index in [0.717, 1.165) is 0 Å². The molecule has 1 aromatic heterocycles. The summed E-state index contributed by atoms with van der Waals surface area (Å²) >= 11 is 3.18. The third kappa shape index (κ3) is 3.12. The highest BCUT2D eigenvalue weighted by Crippen LogP contribution is 2.26. The maximum atomic E-state index is 12.9. The van der Waals surface area contributed by atoms with Gasteiger partial charge in [-0.25, -0.2) is 10.2 Å². The highest BCUT2D eigenvalue weighted by molar-refractivity contribution is 9.10. The summed E-state index contributed by atoms with van der Waals surface area (Å²) < 4.78 is 24.0. The van der Waals surface area contributed by atoms with Crippen LogP contribution in [0.4, 0.5) is 4.39 Å². The number of nitrogens with two attached hydrogens (primary N) is 1. The van der Waals surface area contributed by atoms with Crippen LogP contribution in [-0.2, 0) is 6.61 Å². The molecule has 0 spiro atoms. The molecule has 0 atom stereocenters. The summed E-state index contributed by atoms with van der Waals surface area (Å²) in [4.78, 5) is 11.4. The predicted octanol–water partition coefficient (Wildman–Crippen LogP) is 2.36. The van der Waals surface area contributed by atoms with E-state index < -0.39 is 5.91 Å². The third-order valence-electron chi connectivity index (χ3n) is 2.37. The number of halogens is 2. The lowest BCUT2D eigenvalue weighted by Gasteiger charge is -2.07. The van der Waals surface area contributed by atoms with Gasteiger partial charge >= 0.3 is 0 Å². The summed E-state index contributed by atoms with van der Waals surface area (Å²) in [5.41, 5.74) is 2.30. The van der Waals surface area contributed by atoms with Crippen LogP contribution in [0, 0.1) is 5.82 Å². The Labute approximate surface area is 116 Å². The lowest BCUT2D eigenvalue weighted by Crippen LogP contribution is -2.30. The van der Waals surface area contributed by atoms with E-state index in [1.807, 2.05) is 5.43 Å². The molecule has 19 heavy (non-hydrogen) atoms. The van der Waals surface area contributed by atoms with Gasteiger partial charge in [0.05, 0.1) is 16.3 Å². The number of hydrazine groups is 1. The number of nitrogen functional groups attached to an aromatic ring is 1. The van der Waals surface area contributed by atoms with Gasteiger partial charge < -0.3 is 9.15 Å². The molecule has 0 bridgehead atoms. The lowest BCUT2D eigenvalue weighted by molar-refractivity contribution is 0.0949. The van der Waals surface area contributed by atoms with E-state index in [0.29, 0.717) is 21.5 Å².